The van der Waals surface area contributed by atoms with Crippen LogP contribution < -0.4 is 5.32 Å². The van der Waals surface area contributed by atoms with Crippen LogP contribution in [-0.2, 0) is 9.47 Å². The van der Waals surface area contributed by atoms with Crippen molar-refractivity contribution in [1.82, 2.24) is 9.78 Å². The van der Waals surface area contributed by atoms with Crippen LogP contribution in [0.15, 0.2) is 78.9 Å². The summed E-state index contributed by atoms with van der Waals surface area (Å²) in [6, 6.07) is 23.1. The normalized spacial score (nSPS) is 10.5. The largest absolute Gasteiger partial charge is 0.465 e. The zero-order valence-electron chi connectivity index (χ0n) is 19.4. The van der Waals surface area contributed by atoms with Gasteiger partial charge in [-0.05, 0) is 37.3 Å². The molecule has 0 aliphatic carbocycles. The van der Waals surface area contributed by atoms with E-state index < -0.39 is 17.8 Å². The van der Waals surface area contributed by atoms with Crippen molar-refractivity contribution < 1.29 is 23.9 Å². The second-order valence-corrected chi connectivity index (χ2v) is 7.66. The summed E-state index contributed by atoms with van der Waals surface area (Å²) in [5.41, 5.74) is 3.52. The smallest absolute Gasteiger partial charge is 0.337 e. The second kappa shape index (κ2) is 10.0. The number of esters is 2. The van der Waals surface area contributed by atoms with Crippen LogP contribution in [0.2, 0.25) is 0 Å². The van der Waals surface area contributed by atoms with Crippen molar-refractivity contribution in [3.8, 4) is 16.9 Å². The first kappa shape index (κ1) is 23.4. The fourth-order valence-corrected chi connectivity index (χ4v) is 3.76. The van der Waals surface area contributed by atoms with Gasteiger partial charge in [-0.1, -0.05) is 48.5 Å². The maximum absolute atomic E-state index is 13.6. The SMILES string of the molecule is COC(=O)c1cc(NC(=O)c2c(-c3ccccc3)nn(-c3ccccc3)c2C)cc(C(=O)OC)c1. The fourth-order valence-electron chi connectivity index (χ4n) is 3.76. The average Bonchev–Trinajstić information content (AvgIpc) is 3.25. The van der Waals surface area contributed by atoms with E-state index in [1.54, 1.807) is 4.68 Å². The summed E-state index contributed by atoms with van der Waals surface area (Å²) in [7, 11) is 2.47. The topological polar surface area (TPSA) is 99.5 Å². The molecule has 0 spiro atoms. The molecular formula is C27H23N3O5. The number of rotatable bonds is 6. The van der Waals surface area contributed by atoms with Gasteiger partial charge in [-0.2, -0.15) is 5.10 Å². The third kappa shape index (κ3) is 4.81. The Bertz CT molecular complexity index is 1360. The molecule has 176 valence electrons. The summed E-state index contributed by atoms with van der Waals surface area (Å²) < 4.78 is 11.3. The minimum atomic E-state index is -0.649. The van der Waals surface area contributed by atoms with Gasteiger partial charge in [-0.3, -0.25) is 4.79 Å². The average molecular weight is 469 g/mol. The molecule has 0 bridgehead atoms. The molecule has 0 aliphatic heterocycles. The minimum absolute atomic E-state index is 0.102. The van der Waals surface area contributed by atoms with E-state index in [0.717, 1.165) is 11.3 Å². The standard InChI is InChI=1S/C27H23N3O5/c1-17-23(24(18-10-6-4-7-11-18)29-30(17)22-12-8-5-9-13-22)25(31)28-21-15-19(26(32)34-2)14-20(16-21)27(33)35-3/h4-16H,1-3H3,(H,28,31). The molecule has 3 aromatic carbocycles. The molecule has 0 saturated heterocycles. The van der Waals surface area contributed by atoms with Gasteiger partial charge in [-0.15, -0.1) is 0 Å². The molecule has 1 aromatic heterocycles. The van der Waals surface area contributed by atoms with Crippen LogP contribution in [0.5, 0.6) is 0 Å². The third-order valence-corrected chi connectivity index (χ3v) is 5.42. The highest BCUT2D eigenvalue weighted by atomic mass is 16.5. The van der Waals surface area contributed by atoms with E-state index in [4.69, 9.17) is 14.6 Å². The van der Waals surface area contributed by atoms with Gasteiger partial charge in [0.2, 0.25) is 0 Å². The van der Waals surface area contributed by atoms with E-state index in [0.29, 0.717) is 17.0 Å². The van der Waals surface area contributed by atoms with Crippen molar-refractivity contribution in [2.24, 2.45) is 0 Å². The molecule has 0 fully saturated rings. The molecule has 1 N–H and O–H groups in total. The number of methoxy groups -OCH3 is 2. The summed E-state index contributed by atoms with van der Waals surface area (Å²) in [5, 5.41) is 7.54. The Kier molecular flexibility index (Phi) is 6.73. The van der Waals surface area contributed by atoms with Crippen molar-refractivity contribution in [3.63, 3.8) is 0 Å². The highest BCUT2D eigenvalue weighted by molar-refractivity contribution is 6.10. The van der Waals surface area contributed by atoms with Crippen LogP contribution in [-0.4, -0.2) is 41.8 Å². The summed E-state index contributed by atoms with van der Waals surface area (Å²) in [6.07, 6.45) is 0. The summed E-state index contributed by atoms with van der Waals surface area (Å²) >= 11 is 0. The van der Waals surface area contributed by atoms with Crippen molar-refractivity contribution >= 4 is 23.5 Å². The number of ether oxygens (including phenoxy) is 2. The van der Waals surface area contributed by atoms with Gasteiger partial charge >= 0.3 is 11.9 Å². The summed E-state index contributed by atoms with van der Waals surface area (Å²) in [4.78, 5) is 37.9. The van der Waals surface area contributed by atoms with Crippen molar-refractivity contribution in [2.75, 3.05) is 19.5 Å². The molecule has 8 heteroatoms. The molecule has 4 rings (SSSR count). The van der Waals surface area contributed by atoms with Crippen LogP contribution in [0.3, 0.4) is 0 Å². The first-order valence-corrected chi connectivity index (χ1v) is 10.8. The molecule has 1 amide bonds. The van der Waals surface area contributed by atoms with Crippen LogP contribution in [0.1, 0.15) is 36.8 Å². The maximum Gasteiger partial charge on any atom is 0.337 e. The lowest BCUT2D eigenvalue weighted by Gasteiger charge is -2.10. The number of amides is 1. The zero-order chi connectivity index (χ0) is 24.9. The van der Waals surface area contributed by atoms with Gasteiger partial charge in [0.05, 0.1) is 42.3 Å². The van der Waals surface area contributed by atoms with Crippen molar-refractivity contribution in [2.45, 2.75) is 6.92 Å². The summed E-state index contributed by atoms with van der Waals surface area (Å²) in [6.45, 7) is 1.81. The molecular weight excluding hydrogens is 446 g/mol. The first-order valence-electron chi connectivity index (χ1n) is 10.8. The lowest BCUT2D eigenvalue weighted by Crippen LogP contribution is -2.16. The molecule has 0 unspecified atom stereocenters. The number of anilines is 1. The Hall–Kier alpha value is -4.72. The predicted octanol–water partition coefficient (Wildman–Crippen LogP) is 4.67. The van der Waals surface area contributed by atoms with Crippen LogP contribution in [0, 0.1) is 6.92 Å². The number of hydrogen-bond acceptors (Lipinski definition) is 6. The fraction of sp³-hybridized carbons (Fsp3) is 0.111. The maximum atomic E-state index is 13.6. The number of carbonyl (C=O) groups excluding carboxylic acids is 3. The Balaban J connectivity index is 1.80. The number of hydrogen-bond donors (Lipinski definition) is 1. The van der Waals surface area contributed by atoms with E-state index in [-0.39, 0.29) is 16.8 Å². The van der Waals surface area contributed by atoms with Gasteiger partial charge in [0.1, 0.15) is 5.69 Å². The van der Waals surface area contributed by atoms with Crippen LogP contribution in [0.25, 0.3) is 16.9 Å². The van der Waals surface area contributed by atoms with E-state index in [9.17, 15) is 14.4 Å². The van der Waals surface area contributed by atoms with E-state index in [1.165, 1.54) is 32.4 Å². The Labute approximate surface area is 202 Å². The number of nitrogens with one attached hydrogen (secondary N) is 1. The Morgan fingerprint density at radius 1 is 0.800 bits per heavy atom. The number of carbonyl (C=O) groups is 3. The third-order valence-electron chi connectivity index (χ3n) is 5.42. The van der Waals surface area contributed by atoms with Crippen molar-refractivity contribution in [1.29, 1.82) is 0 Å². The number of aromatic nitrogens is 2. The zero-order valence-corrected chi connectivity index (χ0v) is 19.4. The Morgan fingerprint density at radius 2 is 1.34 bits per heavy atom. The molecule has 0 radical (unpaired) electrons. The second-order valence-electron chi connectivity index (χ2n) is 7.66. The molecule has 0 atom stereocenters. The number of benzene rings is 3. The molecule has 1 heterocycles. The van der Waals surface area contributed by atoms with E-state index in [2.05, 4.69) is 5.32 Å². The van der Waals surface area contributed by atoms with Gasteiger partial charge in [0, 0.05) is 11.3 Å². The molecule has 8 nitrogen and oxygen atoms in total. The van der Waals surface area contributed by atoms with Crippen LogP contribution >= 0.6 is 0 Å². The lowest BCUT2D eigenvalue weighted by atomic mass is 10.0. The van der Waals surface area contributed by atoms with E-state index >= 15 is 0 Å². The number of nitrogens with zero attached hydrogens (tertiary/aromatic N) is 2. The predicted molar refractivity (Wildman–Crippen MR) is 131 cm³/mol. The lowest BCUT2D eigenvalue weighted by molar-refractivity contribution is 0.0599. The number of para-hydroxylation sites is 1. The highest BCUT2D eigenvalue weighted by Gasteiger charge is 2.24. The molecule has 0 saturated carbocycles. The van der Waals surface area contributed by atoms with E-state index in [1.807, 2.05) is 67.6 Å². The van der Waals surface area contributed by atoms with Crippen molar-refractivity contribution in [3.05, 3.63) is 101 Å². The van der Waals surface area contributed by atoms with Gasteiger partial charge in [0.25, 0.3) is 5.91 Å². The monoisotopic (exact) mass is 469 g/mol. The highest BCUT2D eigenvalue weighted by Crippen LogP contribution is 2.28. The Morgan fingerprint density at radius 3 is 1.89 bits per heavy atom. The summed E-state index contributed by atoms with van der Waals surface area (Å²) in [5.74, 6) is -1.74. The van der Waals surface area contributed by atoms with Gasteiger partial charge < -0.3 is 14.8 Å². The molecule has 4 aromatic rings. The molecule has 35 heavy (non-hydrogen) atoms. The first-order chi connectivity index (χ1) is 16.9. The quantitative estimate of drug-likeness (QED) is 0.412. The minimum Gasteiger partial charge on any atom is -0.465 e. The van der Waals surface area contributed by atoms with Gasteiger partial charge in [-0.25, -0.2) is 14.3 Å². The van der Waals surface area contributed by atoms with Crippen LogP contribution in [0.4, 0.5) is 5.69 Å². The molecule has 0 aliphatic rings. The van der Waals surface area contributed by atoms with Gasteiger partial charge in [0.15, 0.2) is 0 Å².